The lowest BCUT2D eigenvalue weighted by atomic mass is 10.2. The van der Waals surface area contributed by atoms with E-state index in [9.17, 15) is 0 Å². The summed E-state index contributed by atoms with van der Waals surface area (Å²) in [5, 5.41) is 4.44. The van der Waals surface area contributed by atoms with Gasteiger partial charge in [-0.05, 0) is 18.6 Å². The van der Waals surface area contributed by atoms with E-state index in [-0.39, 0.29) is 0 Å². The second-order valence-corrected chi connectivity index (χ2v) is 4.12. The van der Waals surface area contributed by atoms with Crippen LogP contribution in [0.2, 0.25) is 0 Å². The number of furan rings is 1. The van der Waals surface area contributed by atoms with Crippen LogP contribution in [0.25, 0.3) is 11.0 Å². The van der Waals surface area contributed by atoms with Crippen molar-refractivity contribution in [3.05, 3.63) is 48.7 Å². The highest BCUT2D eigenvalue weighted by atomic mass is 16.5. The molecule has 1 N–H and O–H groups in total. The van der Waals surface area contributed by atoms with Gasteiger partial charge in [-0.1, -0.05) is 24.3 Å². The maximum absolute atomic E-state index is 5.70. The summed E-state index contributed by atoms with van der Waals surface area (Å²) < 4.78 is 11.1. The molecule has 3 heteroatoms. The molecule has 3 nitrogen and oxygen atoms in total. The standard InChI is InChI=1S/C15H19NO2/c1-2-3-9-17-10-8-16-12-14-11-13-6-4-5-7-15(13)18-14/h2,4-7,11,16H,1,3,8-10,12H2. The zero-order valence-corrected chi connectivity index (χ0v) is 10.5. The zero-order chi connectivity index (χ0) is 12.6. The van der Waals surface area contributed by atoms with E-state index in [4.69, 9.17) is 9.15 Å². The molecule has 2 rings (SSSR count). The number of hydrogen-bond acceptors (Lipinski definition) is 3. The SMILES string of the molecule is C=CCCOCCNCc1cc2ccccc2o1. The van der Waals surface area contributed by atoms with Crippen LogP contribution in [0.15, 0.2) is 47.4 Å². The highest BCUT2D eigenvalue weighted by molar-refractivity contribution is 5.77. The number of hydrogen-bond donors (Lipinski definition) is 1. The third-order valence-electron chi connectivity index (χ3n) is 2.67. The first-order valence-electron chi connectivity index (χ1n) is 6.27. The lowest BCUT2D eigenvalue weighted by molar-refractivity contribution is 0.140. The van der Waals surface area contributed by atoms with Gasteiger partial charge >= 0.3 is 0 Å². The minimum Gasteiger partial charge on any atom is -0.460 e. The van der Waals surface area contributed by atoms with Crippen molar-refractivity contribution in [3.63, 3.8) is 0 Å². The van der Waals surface area contributed by atoms with Gasteiger partial charge in [0.1, 0.15) is 11.3 Å². The van der Waals surface area contributed by atoms with Crippen LogP contribution < -0.4 is 5.32 Å². The maximum Gasteiger partial charge on any atom is 0.134 e. The van der Waals surface area contributed by atoms with E-state index in [0.717, 1.165) is 42.8 Å². The van der Waals surface area contributed by atoms with Crippen molar-refractivity contribution in [2.24, 2.45) is 0 Å². The Balaban J connectivity index is 1.68. The third kappa shape index (κ3) is 3.72. The maximum atomic E-state index is 5.70. The van der Waals surface area contributed by atoms with E-state index in [1.807, 2.05) is 24.3 Å². The van der Waals surface area contributed by atoms with E-state index < -0.39 is 0 Å². The highest BCUT2D eigenvalue weighted by Crippen LogP contribution is 2.18. The fraction of sp³-hybridized carbons (Fsp3) is 0.333. The molecule has 0 spiro atoms. The number of fused-ring (bicyclic) bond motifs is 1. The van der Waals surface area contributed by atoms with E-state index in [1.165, 1.54) is 0 Å². The summed E-state index contributed by atoms with van der Waals surface area (Å²) in [5.41, 5.74) is 0.941. The number of rotatable bonds is 8. The molecule has 0 radical (unpaired) electrons. The molecule has 0 amide bonds. The zero-order valence-electron chi connectivity index (χ0n) is 10.5. The topological polar surface area (TPSA) is 34.4 Å². The number of para-hydroxylation sites is 1. The Morgan fingerprint density at radius 3 is 3.00 bits per heavy atom. The average molecular weight is 245 g/mol. The predicted octanol–water partition coefficient (Wildman–Crippen LogP) is 3.12. The van der Waals surface area contributed by atoms with Gasteiger partial charge < -0.3 is 14.5 Å². The van der Waals surface area contributed by atoms with Gasteiger partial charge in [0.2, 0.25) is 0 Å². The molecule has 0 saturated heterocycles. The molecule has 0 saturated carbocycles. The van der Waals surface area contributed by atoms with Gasteiger partial charge in [-0.15, -0.1) is 6.58 Å². The molecule has 2 aromatic rings. The van der Waals surface area contributed by atoms with Crippen molar-refractivity contribution < 1.29 is 9.15 Å². The van der Waals surface area contributed by atoms with E-state index in [2.05, 4.69) is 24.0 Å². The largest absolute Gasteiger partial charge is 0.460 e. The lowest BCUT2D eigenvalue weighted by Gasteiger charge is -2.03. The van der Waals surface area contributed by atoms with E-state index in [1.54, 1.807) is 0 Å². The lowest BCUT2D eigenvalue weighted by Crippen LogP contribution is -2.19. The quantitative estimate of drug-likeness (QED) is 0.573. The average Bonchev–Trinajstić information content (AvgIpc) is 2.80. The molecule has 0 aliphatic rings. The van der Waals surface area contributed by atoms with Crippen LogP contribution in [0.3, 0.4) is 0 Å². The first-order valence-corrected chi connectivity index (χ1v) is 6.27. The van der Waals surface area contributed by atoms with Crippen molar-refractivity contribution >= 4 is 11.0 Å². The molecule has 1 aromatic carbocycles. The third-order valence-corrected chi connectivity index (χ3v) is 2.67. The fourth-order valence-corrected chi connectivity index (χ4v) is 1.75. The minimum atomic E-state index is 0.716. The molecule has 96 valence electrons. The predicted molar refractivity (Wildman–Crippen MR) is 73.6 cm³/mol. The normalized spacial score (nSPS) is 10.9. The molecule has 1 heterocycles. The molecule has 0 unspecified atom stereocenters. The van der Waals surface area contributed by atoms with Crippen LogP contribution in [0.1, 0.15) is 12.2 Å². The van der Waals surface area contributed by atoms with Crippen LogP contribution in [-0.2, 0) is 11.3 Å². The smallest absolute Gasteiger partial charge is 0.134 e. The minimum absolute atomic E-state index is 0.716. The molecule has 1 aromatic heterocycles. The molecule has 0 bridgehead atoms. The first-order chi connectivity index (χ1) is 8.90. The molecular weight excluding hydrogens is 226 g/mol. The summed E-state index contributed by atoms with van der Waals surface area (Å²) >= 11 is 0. The van der Waals surface area contributed by atoms with Gasteiger partial charge in [-0.2, -0.15) is 0 Å². The second kappa shape index (κ2) is 6.99. The first kappa shape index (κ1) is 12.9. The van der Waals surface area contributed by atoms with Crippen molar-refractivity contribution in [3.8, 4) is 0 Å². The van der Waals surface area contributed by atoms with Crippen molar-refractivity contribution in [1.82, 2.24) is 5.32 Å². The Bertz CT molecular complexity index is 457. The summed E-state index contributed by atoms with van der Waals surface area (Å²) in [5.74, 6) is 0.960. The number of benzene rings is 1. The summed E-state index contributed by atoms with van der Waals surface area (Å²) in [6.45, 7) is 6.67. The summed E-state index contributed by atoms with van der Waals surface area (Å²) in [7, 11) is 0. The Kier molecular flexibility index (Phi) is 5.00. The summed E-state index contributed by atoms with van der Waals surface area (Å²) in [4.78, 5) is 0. The van der Waals surface area contributed by atoms with E-state index in [0.29, 0.717) is 6.61 Å². The second-order valence-electron chi connectivity index (χ2n) is 4.12. The van der Waals surface area contributed by atoms with Crippen molar-refractivity contribution in [1.29, 1.82) is 0 Å². The fourth-order valence-electron chi connectivity index (χ4n) is 1.75. The molecular formula is C15H19NO2. The van der Waals surface area contributed by atoms with Crippen LogP contribution in [-0.4, -0.2) is 19.8 Å². The molecule has 0 aliphatic carbocycles. The molecule has 18 heavy (non-hydrogen) atoms. The van der Waals surface area contributed by atoms with Crippen LogP contribution in [0, 0.1) is 0 Å². The summed E-state index contributed by atoms with van der Waals surface area (Å²) in [6.07, 6.45) is 2.77. The van der Waals surface area contributed by atoms with Crippen LogP contribution in [0.4, 0.5) is 0 Å². The van der Waals surface area contributed by atoms with Crippen molar-refractivity contribution in [2.75, 3.05) is 19.8 Å². The molecule has 0 atom stereocenters. The Morgan fingerprint density at radius 2 is 2.17 bits per heavy atom. The van der Waals surface area contributed by atoms with Crippen LogP contribution in [0.5, 0.6) is 0 Å². The van der Waals surface area contributed by atoms with Gasteiger partial charge in [-0.3, -0.25) is 0 Å². The van der Waals surface area contributed by atoms with Gasteiger partial charge in [0.05, 0.1) is 19.8 Å². The van der Waals surface area contributed by atoms with Crippen molar-refractivity contribution in [2.45, 2.75) is 13.0 Å². The monoisotopic (exact) mass is 245 g/mol. The van der Waals surface area contributed by atoms with E-state index >= 15 is 0 Å². The molecule has 0 fully saturated rings. The Hall–Kier alpha value is -1.58. The Morgan fingerprint density at radius 1 is 1.28 bits per heavy atom. The van der Waals surface area contributed by atoms with Crippen LogP contribution >= 0.6 is 0 Å². The number of nitrogens with one attached hydrogen (secondary N) is 1. The highest BCUT2D eigenvalue weighted by Gasteiger charge is 2.01. The molecule has 0 aliphatic heterocycles. The van der Waals surface area contributed by atoms with Gasteiger partial charge in [0.15, 0.2) is 0 Å². The number of ether oxygens (including phenoxy) is 1. The van der Waals surface area contributed by atoms with Gasteiger partial charge in [0.25, 0.3) is 0 Å². The van der Waals surface area contributed by atoms with Gasteiger partial charge in [-0.25, -0.2) is 0 Å². The summed E-state index contributed by atoms with van der Waals surface area (Å²) in [6, 6.07) is 10.1. The Labute approximate surface area is 107 Å². The van der Waals surface area contributed by atoms with Gasteiger partial charge in [0, 0.05) is 11.9 Å².